The van der Waals surface area contributed by atoms with E-state index in [9.17, 15) is 12.8 Å². The van der Waals surface area contributed by atoms with E-state index in [0.29, 0.717) is 31.9 Å². The first kappa shape index (κ1) is 16.4. The second-order valence-electron chi connectivity index (χ2n) is 5.01. The Bertz CT molecular complexity index is 545. The summed E-state index contributed by atoms with van der Waals surface area (Å²) in [7, 11) is -3.37. The molecule has 0 unspecified atom stereocenters. The topological polar surface area (TPSA) is 58.6 Å². The maximum absolute atomic E-state index is 13.4. The Labute approximate surface area is 125 Å². The van der Waals surface area contributed by atoms with E-state index in [0.717, 1.165) is 13.1 Å². The average molecular weight is 316 g/mol. The van der Waals surface area contributed by atoms with Crippen LogP contribution in [-0.2, 0) is 21.2 Å². The van der Waals surface area contributed by atoms with Gasteiger partial charge in [0.25, 0.3) is 0 Å². The van der Waals surface area contributed by atoms with Crippen LogP contribution in [0.25, 0.3) is 0 Å². The quantitative estimate of drug-likeness (QED) is 0.801. The van der Waals surface area contributed by atoms with Crippen LogP contribution in [0.2, 0.25) is 0 Å². The van der Waals surface area contributed by atoms with Gasteiger partial charge in [-0.05, 0) is 18.1 Å². The van der Waals surface area contributed by atoms with Gasteiger partial charge in [0, 0.05) is 26.2 Å². The van der Waals surface area contributed by atoms with Crippen molar-refractivity contribution in [3.05, 3.63) is 35.6 Å². The number of sulfonamides is 1. The minimum atomic E-state index is -3.37. The van der Waals surface area contributed by atoms with E-state index in [-0.39, 0.29) is 18.0 Å². The molecular formula is C14H21FN2O3S. The van der Waals surface area contributed by atoms with Crippen molar-refractivity contribution >= 4 is 10.0 Å². The molecule has 21 heavy (non-hydrogen) atoms. The fourth-order valence-electron chi connectivity index (χ4n) is 2.20. The normalized spacial score (nSPS) is 17.0. The third-order valence-corrected chi connectivity index (χ3v) is 4.84. The zero-order chi connectivity index (χ0) is 15.1. The van der Waals surface area contributed by atoms with E-state index in [4.69, 9.17) is 4.74 Å². The van der Waals surface area contributed by atoms with E-state index in [1.54, 1.807) is 18.2 Å². The van der Waals surface area contributed by atoms with E-state index in [2.05, 4.69) is 9.62 Å². The second-order valence-corrected chi connectivity index (χ2v) is 6.94. The highest BCUT2D eigenvalue weighted by Crippen LogP contribution is 2.07. The molecule has 0 radical (unpaired) electrons. The summed E-state index contributed by atoms with van der Waals surface area (Å²) in [6.45, 7) is 4.09. The van der Waals surface area contributed by atoms with Gasteiger partial charge in [0.1, 0.15) is 5.82 Å². The monoisotopic (exact) mass is 316 g/mol. The summed E-state index contributed by atoms with van der Waals surface area (Å²) >= 11 is 0. The van der Waals surface area contributed by atoms with E-state index < -0.39 is 10.0 Å². The molecule has 0 atom stereocenters. The van der Waals surface area contributed by atoms with Crippen molar-refractivity contribution < 1.29 is 17.5 Å². The van der Waals surface area contributed by atoms with E-state index in [1.165, 1.54) is 6.07 Å². The smallest absolute Gasteiger partial charge is 0.211 e. The summed E-state index contributed by atoms with van der Waals surface area (Å²) in [5.41, 5.74) is 0.427. The van der Waals surface area contributed by atoms with Gasteiger partial charge in [-0.2, -0.15) is 0 Å². The van der Waals surface area contributed by atoms with Gasteiger partial charge in [-0.1, -0.05) is 18.2 Å². The lowest BCUT2D eigenvalue weighted by molar-refractivity contribution is 0.0390. The third kappa shape index (κ3) is 5.70. The number of benzene rings is 1. The Kier molecular flexibility index (Phi) is 6.10. The number of aryl methyl sites for hydroxylation is 1. The molecular weight excluding hydrogens is 295 g/mol. The Morgan fingerprint density at radius 1 is 1.24 bits per heavy atom. The lowest BCUT2D eigenvalue weighted by Gasteiger charge is -2.26. The Morgan fingerprint density at radius 3 is 2.67 bits per heavy atom. The molecule has 2 rings (SSSR count). The molecule has 7 heteroatoms. The molecule has 1 fully saturated rings. The average Bonchev–Trinajstić information content (AvgIpc) is 2.47. The fraction of sp³-hybridized carbons (Fsp3) is 0.571. The van der Waals surface area contributed by atoms with Crippen LogP contribution >= 0.6 is 0 Å². The maximum atomic E-state index is 13.4. The summed E-state index contributed by atoms with van der Waals surface area (Å²) in [6.07, 6.45) is 0.180. The van der Waals surface area contributed by atoms with Crippen molar-refractivity contribution in [3.8, 4) is 0 Å². The molecule has 0 aromatic heterocycles. The van der Waals surface area contributed by atoms with Crippen LogP contribution in [0, 0.1) is 5.82 Å². The molecule has 1 N–H and O–H groups in total. The van der Waals surface area contributed by atoms with Crippen molar-refractivity contribution in [2.75, 3.05) is 45.1 Å². The SMILES string of the molecule is O=S(=O)(CCc1ccccc1F)NCCN1CCOCC1. The maximum Gasteiger partial charge on any atom is 0.211 e. The molecule has 0 spiro atoms. The molecule has 0 aliphatic carbocycles. The van der Waals surface area contributed by atoms with Crippen LogP contribution in [-0.4, -0.2) is 58.5 Å². The molecule has 1 saturated heterocycles. The number of rotatable bonds is 7. The van der Waals surface area contributed by atoms with Crippen LogP contribution in [0.15, 0.2) is 24.3 Å². The highest BCUT2D eigenvalue weighted by Gasteiger charge is 2.14. The predicted molar refractivity (Wildman–Crippen MR) is 79.2 cm³/mol. The number of hydrogen-bond donors (Lipinski definition) is 1. The van der Waals surface area contributed by atoms with Crippen molar-refractivity contribution in [3.63, 3.8) is 0 Å². The van der Waals surface area contributed by atoms with Crippen LogP contribution < -0.4 is 4.72 Å². The van der Waals surface area contributed by atoms with E-state index in [1.807, 2.05) is 0 Å². The van der Waals surface area contributed by atoms with Gasteiger partial charge in [0.15, 0.2) is 0 Å². The van der Waals surface area contributed by atoms with Gasteiger partial charge in [0.05, 0.1) is 19.0 Å². The first-order valence-corrected chi connectivity index (χ1v) is 8.73. The van der Waals surface area contributed by atoms with Crippen molar-refractivity contribution in [1.82, 2.24) is 9.62 Å². The number of nitrogens with one attached hydrogen (secondary N) is 1. The molecule has 1 aromatic carbocycles. The molecule has 1 aromatic rings. The highest BCUT2D eigenvalue weighted by atomic mass is 32.2. The van der Waals surface area contributed by atoms with E-state index >= 15 is 0 Å². The Balaban J connectivity index is 1.73. The molecule has 0 bridgehead atoms. The largest absolute Gasteiger partial charge is 0.379 e. The number of halogens is 1. The highest BCUT2D eigenvalue weighted by molar-refractivity contribution is 7.89. The number of morpholine rings is 1. The van der Waals surface area contributed by atoms with Crippen molar-refractivity contribution in [2.45, 2.75) is 6.42 Å². The van der Waals surface area contributed by atoms with Crippen LogP contribution in [0.4, 0.5) is 4.39 Å². The first-order valence-electron chi connectivity index (χ1n) is 7.08. The molecule has 118 valence electrons. The fourth-order valence-corrected chi connectivity index (χ4v) is 3.24. The summed E-state index contributed by atoms with van der Waals surface area (Å²) in [6, 6.07) is 6.25. The standard InChI is InChI=1S/C14H21FN2O3S/c15-14-4-2-1-3-13(14)5-12-21(18,19)16-6-7-17-8-10-20-11-9-17/h1-4,16H,5-12H2. The Hall–Kier alpha value is -1.02. The summed E-state index contributed by atoms with van der Waals surface area (Å²) in [4.78, 5) is 2.16. The van der Waals surface area contributed by atoms with Gasteiger partial charge in [-0.15, -0.1) is 0 Å². The summed E-state index contributed by atoms with van der Waals surface area (Å²) in [5.74, 6) is -0.460. The predicted octanol–water partition coefficient (Wildman–Crippen LogP) is 0.620. The number of hydrogen-bond acceptors (Lipinski definition) is 4. The molecule has 1 heterocycles. The van der Waals surface area contributed by atoms with Crippen molar-refractivity contribution in [2.24, 2.45) is 0 Å². The minimum absolute atomic E-state index is 0.100. The molecule has 5 nitrogen and oxygen atoms in total. The van der Waals surface area contributed by atoms with Gasteiger partial charge in [-0.3, -0.25) is 4.90 Å². The minimum Gasteiger partial charge on any atom is -0.379 e. The van der Waals surface area contributed by atoms with Crippen LogP contribution in [0.5, 0.6) is 0 Å². The van der Waals surface area contributed by atoms with Gasteiger partial charge in [0.2, 0.25) is 10.0 Å². The Morgan fingerprint density at radius 2 is 1.95 bits per heavy atom. The zero-order valence-electron chi connectivity index (χ0n) is 11.9. The molecule has 0 amide bonds. The third-order valence-electron chi connectivity index (χ3n) is 3.45. The second kappa shape index (κ2) is 7.84. The van der Waals surface area contributed by atoms with Crippen LogP contribution in [0.1, 0.15) is 5.56 Å². The molecule has 1 aliphatic heterocycles. The lowest BCUT2D eigenvalue weighted by atomic mass is 10.2. The first-order chi connectivity index (χ1) is 10.1. The van der Waals surface area contributed by atoms with Crippen molar-refractivity contribution in [1.29, 1.82) is 0 Å². The summed E-state index contributed by atoms with van der Waals surface area (Å²) < 4.78 is 45.0. The number of nitrogens with zero attached hydrogens (tertiary/aromatic N) is 1. The summed E-state index contributed by atoms with van der Waals surface area (Å²) in [5, 5.41) is 0. The molecule has 1 aliphatic rings. The van der Waals surface area contributed by atoms with Gasteiger partial charge >= 0.3 is 0 Å². The lowest BCUT2D eigenvalue weighted by Crippen LogP contribution is -2.41. The van der Waals surface area contributed by atoms with Crippen LogP contribution in [0.3, 0.4) is 0 Å². The van der Waals surface area contributed by atoms with Gasteiger partial charge in [-0.25, -0.2) is 17.5 Å². The zero-order valence-corrected chi connectivity index (χ0v) is 12.7. The molecule has 0 saturated carbocycles. The van der Waals surface area contributed by atoms with Gasteiger partial charge < -0.3 is 4.74 Å². The number of ether oxygens (including phenoxy) is 1.